The summed E-state index contributed by atoms with van der Waals surface area (Å²) in [6.45, 7) is 6.65. The molecule has 106 valence electrons. The minimum absolute atomic E-state index is 0.334. The highest BCUT2D eigenvalue weighted by molar-refractivity contribution is 7.89. The first-order valence-electron chi connectivity index (χ1n) is 6.65. The first-order valence-corrected chi connectivity index (χ1v) is 8.09. The van der Waals surface area contributed by atoms with Crippen molar-refractivity contribution in [3.8, 4) is 0 Å². The molecule has 0 amide bonds. The molecule has 2 N–H and O–H groups in total. The predicted octanol–water partition coefficient (Wildman–Crippen LogP) is 1.81. The van der Waals surface area contributed by atoms with E-state index in [1.807, 2.05) is 26.0 Å². The molecule has 1 aromatic carbocycles. The van der Waals surface area contributed by atoms with Gasteiger partial charge in [-0.2, -0.15) is 4.31 Å². The summed E-state index contributed by atoms with van der Waals surface area (Å²) in [7, 11) is -3.39. The van der Waals surface area contributed by atoms with Crippen molar-refractivity contribution in [2.75, 3.05) is 13.1 Å². The zero-order valence-corrected chi connectivity index (χ0v) is 12.6. The summed E-state index contributed by atoms with van der Waals surface area (Å²) in [6.07, 6.45) is 1.85. The van der Waals surface area contributed by atoms with Crippen LogP contribution in [0.3, 0.4) is 0 Å². The molecular weight excluding hydrogens is 260 g/mol. The van der Waals surface area contributed by atoms with Crippen LogP contribution in [0.2, 0.25) is 0 Å². The maximum Gasteiger partial charge on any atom is 0.243 e. The van der Waals surface area contributed by atoms with E-state index < -0.39 is 10.0 Å². The van der Waals surface area contributed by atoms with Gasteiger partial charge in [-0.05, 0) is 37.5 Å². The summed E-state index contributed by atoms with van der Waals surface area (Å²) in [6, 6.07) is 5.51. The lowest BCUT2D eigenvalue weighted by molar-refractivity contribution is 0.147. The molecule has 1 aliphatic rings. The minimum Gasteiger partial charge on any atom is -0.323 e. The third kappa shape index (κ3) is 2.68. The van der Waals surface area contributed by atoms with Gasteiger partial charge in [-0.3, -0.25) is 0 Å². The van der Waals surface area contributed by atoms with Gasteiger partial charge < -0.3 is 5.73 Å². The van der Waals surface area contributed by atoms with Gasteiger partial charge in [-0.15, -0.1) is 0 Å². The molecule has 1 saturated heterocycles. The van der Waals surface area contributed by atoms with Crippen LogP contribution in [-0.4, -0.2) is 31.4 Å². The lowest BCUT2D eigenvalue weighted by Crippen LogP contribution is -2.68. The molecule has 0 aliphatic carbocycles. The third-order valence-electron chi connectivity index (χ3n) is 3.69. The number of benzene rings is 1. The van der Waals surface area contributed by atoms with Gasteiger partial charge in [0.1, 0.15) is 0 Å². The minimum atomic E-state index is -3.39. The Balaban J connectivity index is 2.24. The van der Waals surface area contributed by atoms with Gasteiger partial charge in [0.2, 0.25) is 10.0 Å². The molecule has 0 spiro atoms. The second-order valence-corrected chi connectivity index (χ2v) is 7.56. The molecule has 0 radical (unpaired) electrons. The van der Waals surface area contributed by atoms with Crippen LogP contribution in [0.1, 0.15) is 30.9 Å². The summed E-state index contributed by atoms with van der Waals surface area (Å²) < 4.78 is 26.6. The Bertz CT molecular complexity index is 575. The summed E-state index contributed by atoms with van der Waals surface area (Å²) in [5, 5.41) is 0. The predicted molar refractivity (Wildman–Crippen MR) is 76.5 cm³/mol. The fraction of sp³-hybridized carbons (Fsp3) is 0.571. The molecule has 0 atom stereocenters. The van der Waals surface area contributed by atoms with E-state index in [0.29, 0.717) is 18.0 Å². The van der Waals surface area contributed by atoms with Crippen LogP contribution < -0.4 is 5.73 Å². The van der Waals surface area contributed by atoms with Gasteiger partial charge in [-0.1, -0.05) is 25.5 Å². The van der Waals surface area contributed by atoms with E-state index in [1.165, 1.54) is 4.31 Å². The summed E-state index contributed by atoms with van der Waals surface area (Å²) in [5.74, 6) is 0. The lowest BCUT2D eigenvalue weighted by Gasteiger charge is -2.46. The molecule has 1 fully saturated rings. The average Bonchev–Trinajstić information content (AvgIpc) is 2.29. The van der Waals surface area contributed by atoms with Crippen LogP contribution in [-0.2, 0) is 10.0 Å². The lowest BCUT2D eigenvalue weighted by atomic mass is 9.89. The molecule has 0 bridgehead atoms. The number of nitrogens with two attached hydrogens (primary N) is 1. The quantitative estimate of drug-likeness (QED) is 0.916. The Morgan fingerprint density at radius 3 is 2.53 bits per heavy atom. The summed E-state index contributed by atoms with van der Waals surface area (Å²) in [5.41, 5.74) is 7.55. The highest BCUT2D eigenvalue weighted by Gasteiger charge is 2.45. The van der Waals surface area contributed by atoms with E-state index in [-0.39, 0.29) is 5.54 Å². The second kappa shape index (κ2) is 4.89. The second-order valence-electron chi connectivity index (χ2n) is 5.65. The van der Waals surface area contributed by atoms with Crippen LogP contribution in [0.15, 0.2) is 23.1 Å². The Kier molecular flexibility index (Phi) is 3.73. The smallest absolute Gasteiger partial charge is 0.243 e. The summed E-state index contributed by atoms with van der Waals surface area (Å²) >= 11 is 0. The molecular formula is C14H22N2O2S. The third-order valence-corrected chi connectivity index (χ3v) is 5.63. The Hall–Kier alpha value is -0.910. The van der Waals surface area contributed by atoms with Crippen molar-refractivity contribution in [1.82, 2.24) is 4.31 Å². The molecule has 5 heteroatoms. The first kappa shape index (κ1) is 14.5. The Morgan fingerprint density at radius 2 is 1.95 bits per heavy atom. The fourth-order valence-corrected chi connectivity index (χ4v) is 4.55. The van der Waals surface area contributed by atoms with Crippen molar-refractivity contribution in [3.63, 3.8) is 0 Å². The SMILES string of the molecule is CCCC1(N)CN(S(=O)(=O)c2cc(C)ccc2C)C1. The topological polar surface area (TPSA) is 63.4 Å². The van der Waals surface area contributed by atoms with Crippen molar-refractivity contribution < 1.29 is 8.42 Å². The van der Waals surface area contributed by atoms with Gasteiger partial charge in [0.15, 0.2) is 0 Å². The molecule has 19 heavy (non-hydrogen) atoms. The molecule has 4 nitrogen and oxygen atoms in total. The largest absolute Gasteiger partial charge is 0.323 e. The summed E-state index contributed by atoms with van der Waals surface area (Å²) in [4.78, 5) is 0.408. The monoisotopic (exact) mass is 282 g/mol. The standard InChI is InChI=1S/C14H22N2O2S/c1-4-7-14(15)9-16(10-14)19(17,18)13-8-11(2)5-6-12(13)3/h5-6,8H,4,7,9-10,15H2,1-3H3. The number of nitrogens with zero attached hydrogens (tertiary/aromatic N) is 1. The molecule has 0 aromatic heterocycles. The highest BCUT2D eigenvalue weighted by atomic mass is 32.2. The average molecular weight is 282 g/mol. The number of aryl methyl sites for hydroxylation is 2. The normalized spacial score (nSPS) is 19.2. The van der Waals surface area contributed by atoms with Crippen molar-refractivity contribution in [2.24, 2.45) is 5.73 Å². The van der Waals surface area contributed by atoms with Crippen molar-refractivity contribution >= 4 is 10.0 Å². The number of rotatable bonds is 4. The molecule has 1 heterocycles. The van der Waals surface area contributed by atoms with E-state index in [9.17, 15) is 8.42 Å². The molecule has 2 rings (SSSR count). The van der Waals surface area contributed by atoms with Crippen LogP contribution in [0.25, 0.3) is 0 Å². The van der Waals surface area contributed by atoms with E-state index in [4.69, 9.17) is 5.73 Å². The van der Waals surface area contributed by atoms with Gasteiger partial charge in [0.05, 0.1) is 4.90 Å². The van der Waals surface area contributed by atoms with Crippen LogP contribution in [0.4, 0.5) is 0 Å². The highest BCUT2D eigenvalue weighted by Crippen LogP contribution is 2.31. The van der Waals surface area contributed by atoms with Crippen LogP contribution in [0.5, 0.6) is 0 Å². The number of hydrogen-bond acceptors (Lipinski definition) is 3. The van der Waals surface area contributed by atoms with E-state index in [0.717, 1.165) is 24.0 Å². The van der Waals surface area contributed by atoms with E-state index in [2.05, 4.69) is 6.92 Å². The number of sulfonamides is 1. The Labute approximate surface area is 115 Å². The Morgan fingerprint density at radius 1 is 1.32 bits per heavy atom. The zero-order valence-electron chi connectivity index (χ0n) is 11.8. The van der Waals surface area contributed by atoms with Gasteiger partial charge >= 0.3 is 0 Å². The molecule has 0 unspecified atom stereocenters. The fourth-order valence-electron chi connectivity index (χ4n) is 2.61. The van der Waals surface area contributed by atoms with Crippen LogP contribution >= 0.6 is 0 Å². The molecule has 1 aliphatic heterocycles. The molecule has 0 saturated carbocycles. The van der Waals surface area contributed by atoms with E-state index in [1.54, 1.807) is 6.07 Å². The van der Waals surface area contributed by atoms with Crippen molar-refractivity contribution in [3.05, 3.63) is 29.3 Å². The maximum atomic E-state index is 12.5. The first-order chi connectivity index (χ1) is 8.78. The zero-order chi connectivity index (χ0) is 14.3. The van der Waals surface area contributed by atoms with Crippen molar-refractivity contribution in [2.45, 2.75) is 44.0 Å². The van der Waals surface area contributed by atoms with Gasteiger partial charge in [0, 0.05) is 18.6 Å². The maximum absolute atomic E-state index is 12.5. The van der Waals surface area contributed by atoms with Gasteiger partial charge in [0.25, 0.3) is 0 Å². The van der Waals surface area contributed by atoms with Gasteiger partial charge in [-0.25, -0.2) is 8.42 Å². The molecule has 1 aromatic rings. The van der Waals surface area contributed by atoms with E-state index >= 15 is 0 Å². The van der Waals surface area contributed by atoms with Crippen LogP contribution in [0, 0.1) is 13.8 Å². The number of hydrogen-bond donors (Lipinski definition) is 1. The van der Waals surface area contributed by atoms with Crippen molar-refractivity contribution in [1.29, 1.82) is 0 Å².